The molecule has 0 amide bonds. The molecule has 1 saturated heterocycles. The Balaban J connectivity index is 2.01. The first kappa shape index (κ1) is 17.7. The number of esters is 1. The number of rotatable bonds is 7. The number of sulfonamides is 1. The van der Waals surface area contributed by atoms with Crippen molar-refractivity contribution in [3.63, 3.8) is 0 Å². The fraction of sp³-hybridized carbons (Fsp3) is 0.533. The molecule has 0 bridgehead atoms. The molecular formula is C15H21NO6S. The zero-order valence-corrected chi connectivity index (χ0v) is 14.0. The molecule has 1 aliphatic heterocycles. The smallest absolute Gasteiger partial charge is 0.343 e. The Morgan fingerprint density at radius 2 is 2.22 bits per heavy atom. The normalized spacial score (nSPS) is 17.9. The van der Waals surface area contributed by atoms with E-state index >= 15 is 0 Å². The van der Waals surface area contributed by atoms with Gasteiger partial charge in [-0.05, 0) is 43.5 Å². The Hall–Kier alpha value is -1.64. The number of carbonyl (C=O) groups is 1. The van der Waals surface area contributed by atoms with Crippen molar-refractivity contribution in [2.75, 3.05) is 26.9 Å². The van der Waals surface area contributed by atoms with E-state index in [9.17, 15) is 13.2 Å². The summed E-state index contributed by atoms with van der Waals surface area (Å²) in [5, 5.41) is 0. The number of hydrogen-bond donors (Lipinski definition) is 1. The summed E-state index contributed by atoms with van der Waals surface area (Å²) in [5.41, 5.74) is 0.619. The second kappa shape index (κ2) is 7.76. The number of aryl methyl sites for hydroxylation is 1. The molecule has 1 aromatic carbocycles. The fourth-order valence-electron chi connectivity index (χ4n) is 2.24. The predicted molar refractivity (Wildman–Crippen MR) is 82.9 cm³/mol. The van der Waals surface area contributed by atoms with Gasteiger partial charge in [-0.25, -0.2) is 17.9 Å². The van der Waals surface area contributed by atoms with Crippen LogP contribution in [-0.2, 0) is 24.3 Å². The number of nitrogens with one attached hydrogen (secondary N) is 1. The standard InChI is InChI=1S/C15H21NO6S/c1-11-8-13(5-6-14(11)22-10-15(17)20-2)23(18,19)16-9-12-4-3-7-21-12/h5-6,8,12,16H,3-4,7,9-10H2,1-2H3/t12-/m0/s1. The lowest BCUT2D eigenvalue weighted by atomic mass is 10.2. The van der Waals surface area contributed by atoms with Crippen molar-refractivity contribution in [2.45, 2.75) is 30.8 Å². The Morgan fingerprint density at radius 3 is 2.83 bits per heavy atom. The van der Waals surface area contributed by atoms with E-state index in [0.29, 0.717) is 17.9 Å². The first-order valence-corrected chi connectivity index (χ1v) is 8.82. The highest BCUT2D eigenvalue weighted by Crippen LogP contribution is 2.22. The third kappa shape index (κ3) is 4.92. The summed E-state index contributed by atoms with van der Waals surface area (Å²) in [6.07, 6.45) is 1.76. The van der Waals surface area contributed by atoms with Crippen LogP contribution in [0.3, 0.4) is 0 Å². The first-order valence-electron chi connectivity index (χ1n) is 7.34. The fourth-order valence-corrected chi connectivity index (χ4v) is 3.39. The summed E-state index contributed by atoms with van der Waals surface area (Å²) < 4.78 is 42.3. The maximum Gasteiger partial charge on any atom is 0.343 e. The van der Waals surface area contributed by atoms with Crippen molar-refractivity contribution >= 4 is 16.0 Å². The van der Waals surface area contributed by atoms with Gasteiger partial charge in [0.25, 0.3) is 0 Å². The lowest BCUT2D eigenvalue weighted by Crippen LogP contribution is -2.31. The molecule has 2 rings (SSSR count). The average Bonchev–Trinajstić information content (AvgIpc) is 3.05. The van der Waals surface area contributed by atoms with E-state index in [1.807, 2.05) is 0 Å². The van der Waals surface area contributed by atoms with Crippen molar-refractivity contribution < 1.29 is 27.4 Å². The molecule has 7 nitrogen and oxygen atoms in total. The average molecular weight is 343 g/mol. The molecule has 128 valence electrons. The van der Waals surface area contributed by atoms with Gasteiger partial charge in [-0.15, -0.1) is 0 Å². The molecule has 23 heavy (non-hydrogen) atoms. The molecule has 8 heteroatoms. The largest absolute Gasteiger partial charge is 0.482 e. The van der Waals surface area contributed by atoms with Crippen LogP contribution in [0.25, 0.3) is 0 Å². The van der Waals surface area contributed by atoms with Gasteiger partial charge in [0, 0.05) is 13.2 Å². The van der Waals surface area contributed by atoms with Crippen LogP contribution >= 0.6 is 0 Å². The van der Waals surface area contributed by atoms with Gasteiger partial charge in [-0.2, -0.15) is 0 Å². The van der Waals surface area contributed by atoms with Gasteiger partial charge < -0.3 is 14.2 Å². The van der Waals surface area contributed by atoms with Crippen LogP contribution in [-0.4, -0.2) is 47.4 Å². The Labute approximate surface area is 136 Å². The number of methoxy groups -OCH3 is 1. The summed E-state index contributed by atoms with van der Waals surface area (Å²) in [5.74, 6) is -0.0622. The molecule has 1 aliphatic rings. The first-order chi connectivity index (χ1) is 10.9. The van der Waals surface area contributed by atoms with E-state index in [2.05, 4.69) is 9.46 Å². The SMILES string of the molecule is COC(=O)COc1ccc(S(=O)(=O)NC[C@@H]2CCCO2)cc1C. The molecule has 0 spiro atoms. The van der Waals surface area contributed by atoms with Crippen molar-refractivity contribution in [3.8, 4) is 5.75 Å². The molecule has 1 atom stereocenters. The maximum absolute atomic E-state index is 12.3. The van der Waals surface area contributed by atoms with Gasteiger partial charge in [0.1, 0.15) is 5.75 Å². The number of carbonyl (C=O) groups excluding carboxylic acids is 1. The van der Waals surface area contributed by atoms with E-state index < -0.39 is 16.0 Å². The van der Waals surface area contributed by atoms with Gasteiger partial charge in [0.2, 0.25) is 10.0 Å². The molecule has 0 aromatic heterocycles. The van der Waals surface area contributed by atoms with Crippen LogP contribution in [0.5, 0.6) is 5.75 Å². The highest BCUT2D eigenvalue weighted by molar-refractivity contribution is 7.89. The molecule has 0 radical (unpaired) electrons. The summed E-state index contributed by atoms with van der Waals surface area (Å²) in [6.45, 7) is 2.44. The zero-order valence-electron chi connectivity index (χ0n) is 13.2. The highest BCUT2D eigenvalue weighted by Gasteiger charge is 2.20. The quantitative estimate of drug-likeness (QED) is 0.743. The van der Waals surface area contributed by atoms with Gasteiger partial charge in [0.05, 0.1) is 18.1 Å². The van der Waals surface area contributed by atoms with Crippen LogP contribution in [0, 0.1) is 6.92 Å². The van der Waals surface area contributed by atoms with Crippen LogP contribution in [0.2, 0.25) is 0 Å². The van der Waals surface area contributed by atoms with Crippen LogP contribution in [0.1, 0.15) is 18.4 Å². The molecule has 1 heterocycles. The molecule has 0 unspecified atom stereocenters. The Morgan fingerprint density at radius 1 is 1.43 bits per heavy atom. The van der Waals surface area contributed by atoms with Gasteiger partial charge in [0.15, 0.2) is 6.61 Å². The van der Waals surface area contributed by atoms with E-state index in [1.165, 1.54) is 25.3 Å². The minimum absolute atomic E-state index is 0.0615. The van der Waals surface area contributed by atoms with E-state index in [1.54, 1.807) is 6.92 Å². The molecule has 0 aliphatic carbocycles. The molecule has 1 aromatic rings. The van der Waals surface area contributed by atoms with Gasteiger partial charge >= 0.3 is 5.97 Å². The predicted octanol–water partition coefficient (Wildman–Crippen LogP) is 1.00. The minimum Gasteiger partial charge on any atom is -0.482 e. The van der Waals surface area contributed by atoms with Crippen LogP contribution in [0.4, 0.5) is 0 Å². The number of hydrogen-bond acceptors (Lipinski definition) is 6. The molecular weight excluding hydrogens is 322 g/mol. The summed E-state index contributed by atoms with van der Waals surface area (Å²) in [4.78, 5) is 11.2. The third-order valence-electron chi connectivity index (χ3n) is 3.55. The second-order valence-corrected chi connectivity index (χ2v) is 7.05. The molecule has 1 N–H and O–H groups in total. The highest BCUT2D eigenvalue weighted by atomic mass is 32.2. The summed E-state index contributed by atoms with van der Waals surface area (Å²) in [6, 6.07) is 4.47. The van der Waals surface area contributed by atoms with Gasteiger partial charge in [-0.1, -0.05) is 0 Å². The van der Waals surface area contributed by atoms with Crippen molar-refractivity contribution in [3.05, 3.63) is 23.8 Å². The number of benzene rings is 1. The second-order valence-electron chi connectivity index (χ2n) is 5.28. The van der Waals surface area contributed by atoms with Crippen LogP contribution < -0.4 is 9.46 Å². The maximum atomic E-state index is 12.3. The monoisotopic (exact) mass is 343 g/mol. The lowest BCUT2D eigenvalue weighted by molar-refractivity contribution is -0.142. The zero-order chi connectivity index (χ0) is 16.9. The van der Waals surface area contributed by atoms with E-state index in [-0.39, 0.29) is 24.2 Å². The minimum atomic E-state index is -3.60. The molecule has 0 saturated carbocycles. The van der Waals surface area contributed by atoms with Crippen molar-refractivity contribution in [2.24, 2.45) is 0 Å². The van der Waals surface area contributed by atoms with Crippen LogP contribution in [0.15, 0.2) is 23.1 Å². The van der Waals surface area contributed by atoms with Gasteiger partial charge in [-0.3, -0.25) is 0 Å². The van der Waals surface area contributed by atoms with Crippen molar-refractivity contribution in [1.82, 2.24) is 4.72 Å². The van der Waals surface area contributed by atoms with E-state index in [4.69, 9.17) is 9.47 Å². The summed E-state index contributed by atoms with van der Waals surface area (Å²) in [7, 11) is -2.33. The lowest BCUT2D eigenvalue weighted by Gasteiger charge is -2.13. The third-order valence-corrected chi connectivity index (χ3v) is 4.98. The Kier molecular flexibility index (Phi) is 5.97. The van der Waals surface area contributed by atoms with Crippen molar-refractivity contribution in [1.29, 1.82) is 0 Å². The number of ether oxygens (including phenoxy) is 3. The molecule has 1 fully saturated rings. The topological polar surface area (TPSA) is 90.9 Å². The Bertz CT molecular complexity index is 652. The summed E-state index contributed by atoms with van der Waals surface area (Å²) >= 11 is 0. The van der Waals surface area contributed by atoms with E-state index in [0.717, 1.165) is 12.8 Å².